The van der Waals surface area contributed by atoms with Crippen molar-refractivity contribution < 1.29 is 28.6 Å². The van der Waals surface area contributed by atoms with Crippen LogP contribution in [0.2, 0.25) is 0 Å². The van der Waals surface area contributed by atoms with Crippen molar-refractivity contribution in [3.63, 3.8) is 0 Å². The van der Waals surface area contributed by atoms with E-state index >= 15 is 0 Å². The highest BCUT2D eigenvalue weighted by molar-refractivity contribution is 9.10. The van der Waals surface area contributed by atoms with Crippen LogP contribution in [0.5, 0.6) is 5.75 Å². The minimum atomic E-state index is -0.446. The molecular weight excluding hydrogens is 406 g/mol. The number of esters is 2. The van der Waals surface area contributed by atoms with E-state index in [1.165, 1.54) is 7.11 Å². The number of nitrogens with zero attached hydrogens (tertiary/aromatic N) is 1. The van der Waals surface area contributed by atoms with Gasteiger partial charge in [-0.1, -0.05) is 0 Å². The van der Waals surface area contributed by atoms with E-state index in [2.05, 4.69) is 20.7 Å². The fraction of sp³-hybridized carbons (Fsp3) is 0.500. The van der Waals surface area contributed by atoms with Crippen LogP contribution >= 0.6 is 15.9 Å². The Hall–Kier alpha value is -2.09. The molecule has 2 rings (SSSR count). The van der Waals surface area contributed by atoms with E-state index in [0.717, 1.165) is 0 Å². The molecule has 1 aromatic rings. The summed E-state index contributed by atoms with van der Waals surface area (Å²) in [4.78, 5) is 37.2. The van der Waals surface area contributed by atoms with Gasteiger partial charge in [-0.25, -0.2) is 4.79 Å². The third-order valence-electron chi connectivity index (χ3n) is 4.17. The van der Waals surface area contributed by atoms with Gasteiger partial charge in [-0.2, -0.15) is 0 Å². The summed E-state index contributed by atoms with van der Waals surface area (Å²) in [6.45, 7) is 3.06. The molecule has 1 aromatic carbocycles. The van der Waals surface area contributed by atoms with Gasteiger partial charge in [0.05, 0.1) is 29.7 Å². The monoisotopic (exact) mass is 427 g/mol. The van der Waals surface area contributed by atoms with E-state index in [1.807, 2.05) is 0 Å². The Balaban J connectivity index is 1.84. The Morgan fingerprint density at radius 2 is 1.92 bits per heavy atom. The Labute approximate surface area is 160 Å². The lowest BCUT2D eigenvalue weighted by molar-refractivity contribution is -0.151. The molecule has 0 aromatic heterocycles. The van der Waals surface area contributed by atoms with Crippen molar-refractivity contribution in [3.05, 3.63) is 28.2 Å². The van der Waals surface area contributed by atoms with Crippen molar-refractivity contribution in [2.24, 2.45) is 5.92 Å². The van der Waals surface area contributed by atoms with Crippen molar-refractivity contribution >= 4 is 33.8 Å². The van der Waals surface area contributed by atoms with E-state index in [-0.39, 0.29) is 24.4 Å². The molecule has 0 atom stereocenters. The molecule has 1 fully saturated rings. The first-order chi connectivity index (χ1) is 12.5. The van der Waals surface area contributed by atoms with Crippen LogP contribution in [0.1, 0.15) is 30.1 Å². The molecule has 26 heavy (non-hydrogen) atoms. The van der Waals surface area contributed by atoms with Crippen LogP contribution in [0.3, 0.4) is 0 Å². The molecule has 0 bridgehead atoms. The molecule has 7 nitrogen and oxygen atoms in total. The van der Waals surface area contributed by atoms with E-state index < -0.39 is 5.97 Å². The normalized spacial score (nSPS) is 14.7. The van der Waals surface area contributed by atoms with Crippen molar-refractivity contribution in [3.8, 4) is 5.75 Å². The third-order valence-corrected chi connectivity index (χ3v) is 4.79. The number of hydrogen-bond donors (Lipinski definition) is 0. The Kier molecular flexibility index (Phi) is 7.44. The number of rotatable bonds is 6. The number of likely N-dealkylation sites (tertiary alicyclic amines) is 1. The molecule has 1 saturated heterocycles. The summed E-state index contributed by atoms with van der Waals surface area (Å²) >= 11 is 3.32. The van der Waals surface area contributed by atoms with Gasteiger partial charge >= 0.3 is 11.9 Å². The molecule has 0 aliphatic carbocycles. The average Bonchev–Trinajstić information content (AvgIpc) is 2.66. The van der Waals surface area contributed by atoms with E-state index in [1.54, 1.807) is 30.0 Å². The fourth-order valence-corrected chi connectivity index (χ4v) is 3.21. The lowest BCUT2D eigenvalue weighted by Crippen LogP contribution is -2.42. The van der Waals surface area contributed by atoms with Gasteiger partial charge in [-0.3, -0.25) is 9.59 Å². The maximum absolute atomic E-state index is 12.3. The molecule has 1 heterocycles. The number of amides is 1. The van der Waals surface area contributed by atoms with Crippen LogP contribution in [0.15, 0.2) is 22.7 Å². The van der Waals surface area contributed by atoms with Crippen LogP contribution in [-0.2, 0) is 19.1 Å². The van der Waals surface area contributed by atoms with Gasteiger partial charge in [0.2, 0.25) is 0 Å². The first kappa shape index (κ1) is 20.2. The van der Waals surface area contributed by atoms with Gasteiger partial charge in [0.25, 0.3) is 5.91 Å². The third kappa shape index (κ3) is 5.20. The van der Waals surface area contributed by atoms with E-state index in [4.69, 9.17) is 9.47 Å². The molecule has 0 spiro atoms. The Morgan fingerprint density at radius 3 is 2.50 bits per heavy atom. The molecular formula is C18H22BrNO6. The summed E-state index contributed by atoms with van der Waals surface area (Å²) in [6.07, 6.45) is 1.20. The van der Waals surface area contributed by atoms with Gasteiger partial charge < -0.3 is 19.1 Å². The lowest BCUT2D eigenvalue weighted by atomic mass is 9.97. The zero-order valence-electron chi connectivity index (χ0n) is 14.8. The van der Waals surface area contributed by atoms with Crippen LogP contribution in [-0.4, -0.2) is 56.2 Å². The SMILES string of the molecule is CCOC(=O)C1CCN(C(=O)COc2ccc(C(=O)OC)cc2Br)CC1. The molecule has 1 aliphatic rings. The van der Waals surface area contributed by atoms with Crippen LogP contribution < -0.4 is 4.74 Å². The van der Waals surface area contributed by atoms with Gasteiger partial charge in [0.1, 0.15) is 5.75 Å². The number of ether oxygens (including phenoxy) is 3. The number of hydrogen-bond acceptors (Lipinski definition) is 6. The van der Waals surface area contributed by atoms with Gasteiger partial charge in [0.15, 0.2) is 6.61 Å². The van der Waals surface area contributed by atoms with Crippen LogP contribution in [0.4, 0.5) is 0 Å². The Morgan fingerprint density at radius 1 is 1.23 bits per heavy atom. The van der Waals surface area contributed by atoms with Crippen LogP contribution in [0.25, 0.3) is 0 Å². The van der Waals surface area contributed by atoms with Gasteiger partial charge in [-0.15, -0.1) is 0 Å². The minimum absolute atomic E-state index is 0.111. The highest BCUT2D eigenvalue weighted by Crippen LogP contribution is 2.26. The highest BCUT2D eigenvalue weighted by atomic mass is 79.9. The van der Waals surface area contributed by atoms with Crippen LogP contribution in [0, 0.1) is 5.92 Å². The maximum Gasteiger partial charge on any atom is 0.337 e. The van der Waals surface area contributed by atoms with Crippen molar-refractivity contribution in [1.82, 2.24) is 4.90 Å². The molecule has 142 valence electrons. The second kappa shape index (κ2) is 9.56. The predicted octanol–water partition coefficient (Wildman–Crippen LogP) is 2.42. The summed E-state index contributed by atoms with van der Waals surface area (Å²) in [5, 5.41) is 0. The first-order valence-electron chi connectivity index (χ1n) is 8.41. The van der Waals surface area contributed by atoms with Gasteiger partial charge in [-0.05, 0) is 53.9 Å². The maximum atomic E-state index is 12.3. The van der Waals surface area contributed by atoms with Gasteiger partial charge in [0, 0.05) is 13.1 Å². The molecule has 0 unspecified atom stereocenters. The molecule has 8 heteroatoms. The zero-order valence-corrected chi connectivity index (χ0v) is 16.4. The van der Waals surface area contributed by atoms with Crippen molar-refractivity contribution in [2.75, 3.05) is 33.4 Å². The summed E-state index contributed by atoms with van der Waals surface area (Å²) in [7, 11) is 1.31. The lowest BCUT2D eigenvalue weighted by Gasteiger charge is -2.30. The number of carbonyl (C=O) groups is 3. The molecule has 1 amide bonds. The second-order valence-electron chi connectivity index (χ2n) is 5.83. The molecule has 0 saturated carbocycles. The topological polar surface area (TPSA) is 82.1 Å². The summed E-state index contributed by atoms with van der Waals surface area (Å²) in [5.74, 6) is -0.452. The fourth-order valence-electron chi connectivity index (χ4n) is 2.72. The number of methoxy groups -OCH3 is 1. The predicted molar refractivity (Wildman–Crippen MR) is 96.9 cm³/mol. The summed E-state index contributed by atoms with van der Waals surface area (Å²) < 4.78 is 15.8. The molecule has 1 aliphatic heterocycles. The Bertz CT molecular complexity index is 670. The smallest absolute Gasteiger partial charge is 0.337 e. The number of piperidine rings is 1. The van der Waals surface area contributed by atoms with Crippen molar-refractivity contribution in [1.29, 1.82) is 0 Å². The highest BCUT2D eigenvalue weighted by Gasteiger charge is 2.28. The zero-order chi connectivity index (χ0) is 19.1. The standard InChI is InChI=1S/C18H22BrNO6/c1-3-25-18(23)12-6-8-20(9-7-12)16(21)11-26-15-5-4-13(10-14(15)19)17(22)24-2/h4-5,10,12H,3,6-9,11H2,1-2H3. The second-order valence-corrected chi connectivity index (χ2v) is 6.69. The molecule has 0 N–H and O–H groups in total. The number of carbonyl (C=O) groups excluding carboxylic acids is 3. The quantitative estimate of drug-likeness (QED) is 0.648. The average molecular weight is 428 g/mol. The van der Waals surface area contributed by atoms with E-state index in [0.29, 0.717) is 48.3 Å². The largest absolute Gasteiger partial charge is 0.483 e. The summed E-state index contributed by atoms with van der Waals surface area (Å²) in [6, 6.07) is 4.76. The van der Waals surface area contributed by atoms with E-state index in [9.17, 15) is 14.4 Å². The molecule has 0 radical (unpaired) electrons. The number of benzene rings is 1. The minimum Gasteiger partial charge on any atom is -0.483 e. The summed E-state index contributed by atoms with van der Waals surface area (Å²) in [5.41, 5.74) is 0.388. The first-order valence-corrected chi connectivity index (χ1v) is 9.20. The number of halogens is 1. The van der Waals surface area contributed by atoms with Crippen molar-refractivity contribution in [2.45, 2.75) is 19.8 Å².